The van der Waals surface area contributed by atoms with Crippen LogP contribution >= 0.6 is 15.9 Å². The first-order valence-corrected chi connectivity index (χ1v) is 11.4. The van der Waals surface area contributed by atoms with Crippen LogP contribution in [0.2, 0.25) is 0 Å². The Morgan fingerprint density at radius 1 is 1.21 bits per heavy atom. The Hall–Kier alpha value is -2.19. The molecule has 1 aliphatic rings. The van der Waals surface area contributed by atoms with E-state index in [-0.39, 0.29) is 28.9 Å². The van der Waals surface area contributed by atoms with E-state index in [0.29, 0.717) is 12.2 Å². The van der Waals surface area contributed by atoms with Crippen LogP contribution in [-0.2, 0) is 19.4 Å². The third-order valence-corrected chi connectivity index (χ3v) is 7.45. The molecule has 1 aliphatic heterocycles. The van der Waals surface area contributed by atoms with E-state index in [0.717, 1.165) is 15.7 Å². The molecular formula is C20H21BrN2O4S. The Morgan fingerprint density at radius 2 is 1.89 bits per heavy atom. The summed E-state index contributed by atoms with van der Waals surface area (Å²) in [7, 11) is -3.28. The van der Waals surface area contributed by atoms with E-state index in [1.54, 1.807) is 24.0 Å². The smallest absolute Gasteiger partial charge is 0.229 e. The van der Waals surface area contributed by atoms with Crippen molar-refractivity contribution in [3.8, 4) is 0 Å². The minimum absolute atomic E-state index is 0.0221. The summed E-state index contributed by atoms with van der Waals surface area (Å²) < 4.78 is 24.7. The van der Waals surface area contributed by atoms with E-state index in [1.807, 2.05) is 25.1 Å². The number of carbonyl (C=O) groups is 2. The van der Waals surface area contributed by atoms with Gasteiger partial charge in [-0.05, 0) is 55.0 Å². The lowest BCUT2D eigenvalue weighted by atomic mass is 10.1. The van der Waals surface area contributed by atoms with E-state index < -0.39 is 15.8 Å². The number of carbonyl (C=O) groups excluding carboxylic acids is 2. The summed E-state index contributed by atoms with van der Waals surface area (Å²) in [6.07, 6.45) is 0.142. The average molecular weight is 465 g/mol. The number of aryl methyl sites for hydroxylation is 1. The molecule has 0 saturated carbocycles. The highest BCUT2D eigenvalue weighted by molar-refractivity contribution is 9.10. The molecule has 0 spiro atoms. The van der Waals surface area contributed by atoms with Crippen LogP contribution in [0.5, 0.6) is 0 Å². The fourth-order valence-electron chi connectivity index (χ4n) is 3.09. The van der Waals surface area contributed by atoms with Crippen LogP contribution in [0.25, 0.3) is 0 Å². The van der Waals surface area contributed by atoms with Gasteiger partial charge in [-0.2, -0.15) is 0 Å². The lowest BCUT2D eigenvalue weighted by Gasteiger charge is -2.18. The molecule has 2 amide bonds. The van der Waals surface area contributed by atoms with Gasteiger partial charge in [0, 0.05) is 28.8 Å². The molecule has 2 aromatic carbocycles. The van der Waals surface area contributed by atoms with Crippen molar-refractivity contribution in [2.24, 2.45) is 5.92 Å². The number of amides is 2. The van der Waals surface area contributed by atoms with Gasteiger partial charge in [-0.15, -0.1) is 0 Å². The molecule has 8 heteroatoms. The van der Waals surface area contributed by atoms with Crippen molar-refractivity contribution in [2.75, 3.05) is 22.5 Å². The van der Waals surface area contributed by atoms with Gasteiger partial charge in [0.05, 0.1) is 16.6 Å². The molecule has 0 aromatic heterocycles. The zero-order valence-electron chi connectivity index (χ0n) is 15.6. The van der Waals surface area contributed by atoms with E-state index in [1.165, 1.54) is 12.1 Å². The van der Waals surface area contributed by atoms with Crippen LogP contribution in [0.3, 0.4) is 0 Å². The zero-order valence-corrected chi connectivity index (χ0v) is 18.0. The lowest BCUT2D eigenvalue weighted by molar-refractivity contribution is -0.122. The predicted octanol–water partition coefficient (Wildman–Crippen LogP) is 3.54. The van der Waals surface area contributed by atoms with Gasteiger partial charge < -0.3 is 10.2 Å². The second kappa shape index (κ2) is 8.05. The highest BCUT2D eigenvalue weighted by Crippen LogP contribution is 2.29. The fraction of sp³-hybridized carbons (Fsp3) is 0.300. The van der Waals surface area contributed by atoms with Crippen LogP contribution in [-0.4, -0.2) is 32.5 Å². The van der Waals surface area contributed by atoms with Crippen LogP contribution < -0.4 is 10.2 Å². The minimum Gasteiger partial charge on any atom is -0.326 e. The van der Waals surface area contributed by atoms with Gasteiger partial charge in [0.15, 0.2) is 9.84 Å². The molecule has 0 radical (unpaired) electrons. The number of hydrogen-bond acceptors (Lipinski definition) is 4. The van der Waals surface area contributed by atoms with Crippen molar-refractivity contribution in [2.45, 2.75) is 25.2 Å². The molecule has 1 fully saturated rings. The maximum absolute atomic E-state index is 12.6. The number of hydrogen-bond donors (Lipinski definition) is 1. The summed E-state index contributed by atoms with van der Waals surface area (Å²) in [6, 6.07) is 11.7. The van der Waals surface area contributed by atoms with E-state index in [4.69, 9.17) is 0 Å². The molecule has 1 N–H and O–H groups in total. The summed E-state index contributed by atoms with van der Waals surface area (Å²) in [5.74, 6) is -0.786. The fourth-order valence-corrected chi connectivity index (χ4v) is 4.22. The molecule has 0 aliphatic carbocycles. The summed E-state index contributed by atoms with van der Waals surface area (Å²) in [4.78, 5) is 26.8. The number of nitrogens with zero attached hydrogens (tertiary/aromatic N) is 1. The Labute approximate surface area is 173 Å². The minimum atomic E-state index is -3.28. The molecule has 148 valence electrons. The van der Waals surface area contributed by atoms with Crippen molar-refractivity contribution in [3.63, 3.8) is 0 Å². The molecule has 1 heterocycles. The first-order chi connectivity index (χ1) is 13.2. The standard InChI is InChI=1S/C20H21BrN2O4S/c1-3-28(26,27)17-7-4-15(5-8-17)22-20(25)14-11-19(24)23(12-14)16-6-9-18(21)13(2)10-16/h4-10,14H,3,11-12H2,1-2H3,(H,22,25). The highest BCUT2D eigenvalue weighted by Gasteiger charge is 2.35. The van der Waals surface area contributed by atoms with E-state index in [9.17, 15) is 18.0 Å². The molecular weight excluding hydrogens is 444 g/mol. The average Bonchev–Trinajstić information content (AvgIpc) is 3.06. The monoisotopic (exact) mass is 464 g/mol. The molecule has 28 heavy (non-hydrogen) atoms. The largest absolute Gasteiger partial charge is 0.326 e. The van der Waals surface area contributed by atoms with Crippen molar-refractivity contribution < 1.29 is 18.0 Å². The first-order valence-electron chi connectivity index (χ1n) is 8.91. The SMILES string of the molecule is CCS(=O)(=O)c1ccc(NC(=O)C2CC(=O)N(c3ccc(Br)c(C)c3)C2)cc1. The molecule has 2 aromatic rings. The van der Waals surface area contributed by atoms with Gasteiger partial charge in [0.2, 0.25) is 11.8 Å². The molecule has 1 unspecified atom stereocenters. The number of rotatable bonds is 5. The first kappa shape index (κ1) is 20.5. The van der Waals surface area contributed by atoms with Crippen molar-refractivity contribution in [1.29, 1.82) is 0 Å². The summed E-state index contributed by atoms with van der Waals surface area (Å²) >= 11 is 3.44. The van der Waals surface area contributed by atoms with Gasteiger partial charge in [0.1, 0.15) is 0 Å². The quantitative estimate of drug-likeness (QED) is 0.733. The summed E-state index contributed by atoms with van der Waals surface area (Å²) in [5.41, 5.74) is 2.29. The van der Waals surface area contributed by atoms with Gasteiger partial charge in [-0.25, -0.2) is 8.42 Å². The van der Waals surface area contributed by atoms with Gasteiger partial charge in [-0.1, -0.05) is 22.9 Å². The summed E-state index contributed by atoms with van der Waals surface area (Å²) in [5, 5.41) is 2.77. The van der Waals surface area contributed by atoms with Crippen LogP contribution in [0.4, 0.5) is 11.4 Å². The van der Waals surface area contributed by atoms with Crippen molar-refractivity contribution in [3.05, 3.63) is 52.5 Å². The second-order valence-electron chi connectivity index (χ2n) is 6.76. The Kier molecular flexibility index (Phi) is 5.90. The van der Waals surface area contributed by atoms with Gasteiger partial charge >= 0.3 is 0 Å². The number of halogens is 1. The normalized spacial score (nSPS) is 17.0. The number of benzene rings is 2. The molecule has 6 nitrogen and oxygen atoms in total. The van der Waals surface area contributed by atoms with Crippen LogP contribution in [0.15, 0.2) is 51.8 Å². The lowest BCUT2D eigenvalue weighted by Crippen LogP contribution is -2.28. The van der Waals surface area contributed by atoms with Crippen molar-refractivity contribution >= 4 is 49.0 Å². The predicted molar refractivity (Wildman–Crippen MR) is 112 cm³/mol. The van der Waals surface area contributed by atoms with E-state index in [2.05, 4.69) is 21.2 Å². The third kappa shape index (κ3) is 4.28. The molecule has 0 bridgehead atoms. The van der Waals surface area contributed by atoms with Gasteiger partial charge in [0.25, 0.3) is 0 Å². The number of nitrogens with one attached hydrogen (secondary N) is 1. The number of sulfone groups is 1. The maximum atomic E-state index is 12.6. The van der Waals surface area contributed by atoms with Crippen LogP contribution in [0.1, 0.15) is 18.9 Å². The Balaban J connectivity index is 1.68. The highest BCUT2D eigenvalue weighted by atomic mass is 79.9. The maximum Gasteiger partial charge on any atom is 0.229 e. The third-order valence-electron chi connectivity index (χ3n) is 4.81. The van der Waals surface area contributed by atoms with Crippen molar-refractivity contribution in [1.82, 2.24) is 0 Å². The summed E-state index contributed by atoms with van der Waals surface area (Å²) in [6.45, 7) is 3.84. The topological polar surface area (TPSA) is 83.5 Å². The number of anilines is 2. The zero-order chi connectivity index (χ0) is 20.5. The Bertz CT molecular complexity index is 1020. The molecule has 1 saturated heterocycles. The Morgan fingerprint density at radius 3 is 2.50 bits per heavy atom. The van der Waals surface area contributed by atoms with E-state index >= 15 is 0 Å². The second-order valence-corrected chi connectivity index (χ2v) is 9.89. The van der Waals surface area contributed by atoms with Gasteiger partial charge in [-0.3, -0.25) is 9.59 Å². The molecule has 3 rings (SSSR count). The van der Waals surface area contributed by atoms with Crippen LogP contribution in [0, 0.1) is 12.8 Å². The molecule has 1 atom stereocenters.